The summed E-state index contributed by atoms with van der Waals surface area (Å²) in [6.45, 7) is 1.51. The zero-order valence-electron chi connectivity index (χ0n) is 19.6. The molecule has 0 N–H and O–H groups in total. The average Bonchev–Trinajstić information content (AvgIpc) is 2.92. The molecule has 4 aromatic rings. The molecule has 0 bridgehead atoms. The molecule has 0 aromatic heterocycles. The first-order valence-electron chi connectivity index (χ1n) is 11.5. The number of benzene rings is 4. The zero-order chi connectivity index (χ0) is 24.7. The monoisotopic (exact) mass is 518 g/mol. The van der Waals surface area contributed by atoms with Gasteiger partial charge in [0.15, 0.2) is 0 Å². The maximum absolute atomic E-state index is 15.0. The van der Waals surface area contributed by atoms with E-state index < -0.39 is 13.2 Å². The predicted molar refractivity (Wildman–Crippen MR) is 151 cm³/mol. The van der Waals surface area contributed by atoms with Gasteiger partial charge < -0.3 is 9.30 Å². The van der Waals surface area contributed by atoms with Crippen molar-refractivity contribution in [3.8, 4) is 0 Å². The van der Waals surface area contributed by atoms with Crippen molar-refractivity contribution in [3.05, 3.63) is 121 Å². The molecule has 4 rings (SSSR count). The highest BCUT2D eigenvalue weighted by atomic mass is 32.4. The lowest BCUT2D eigenvalue weighted by Crippen LogP contribution is -2.35. The molecule has 0 saturated heterocycles. The van der Waals surface area contributed by atoms with Gasteiger partial charge in [0.05, 0.1) is 6.61 Å². The fourth-order valence-electron chi connectivity index (χ4n) is 4.35. The zero-order valence-corrected chi connectivity index (χ0v) is 22.2. The molecule has 0 aliphatic carbocycles. The maximum Gasteiger partial charge on any atom is 0.302 e. The Morgan fingerprint density at radius 3 is 1.37 bits per heavy atom. The third-order valence-electron chi connectivity index (χ3n) is 6.09. The number of rotatable bonds is 9. The van der Waals surface area contributed by atoms with Crippen LogP contribution in [0.4, 0.5) is 0 Å². The van der Waals surface area contributed by atoms with Crippen molar-refractivity contribution in [3.63, 3.8) is 0 Å². The van der Waals surface area contributed by atoms with Crippen LogP contribution in [-0.2, 0) is 25.9 Å². The second-order valence-electron chi connectivity index (χ2n) is 8.38. The van der Waals surface area contributed by atoms with Crippen molar-refractivity contribution in [2.24, 2.45) is 0 Å². The summed E-state index contributed by atoms with van der Waals surface area (Å²) in [5, 5.41) is 3.60. The van der Waals surface area contributed by atoms with Crippen molar-refractivity contribution >= 4 is 52.2 Å². The minimum absolute atomic E-state index is 0.111. The molecule has 0 heterocycles. The van der Waals surface area contributed by atoms with Crippen LogP contribution in [0.3, 0.4) is 0 Å². The third kappa shape index (κ3) is 5.57. The lowest BCUT2D eigenvalue weighted by atomic mass is 10.4. The van der Waals surface area contributed by atoms with Gasteiger partial charge >= 0.3 is 5.97 Å². The van der Waals surface area contributed by atoms with Gasteiger partial charge in [0, 0.05) is 35.4 Å². The van der Waals surface area contributed by atoms with Crippen molar-refractivity contribution in [1.29, 1.82) is 0 Å². The van der Waals surface area contributed by atoms with Gasteiger partial charge in [0.25, 0.3) is 0 Å². The van der Waals surface area contributed by atoms with Crippen molar-refractivity contribution in [2.45, 2.75) is 12.6 Å². The molecule has 1 atom stereocenters. The van der Waals surface area contributed by atoms with Crippen LogP contribution < -0.4 is 21.2 Å². The molecule has 178 valence electrons. The number of ether oxygens (including phenoxy) is 1. The van der Waals surface area contributed by atoms with Crippen LogP contribution in [0.1, 0.15) is 6.92 Å². The minimum Gasteiger partial charge on any atom is -0.465 e. The molecule has 6 heteroatoms. The van der Waals surface area contributed by atoms with Crippen molar-refractivity contribution in [1.82, 2.24) is 0 Å². The fourth-order valence-corrected chi connectivity index (χ4v) is 12.9. The predicted octanol–water partition coefficient (Wildman–Crippen LogP) is 5.06. The van der Waals surface area contributed by atoms with E-state index in [0.717, 1.165) is 21.2 Å². The van der Waals surface area contributed by atoms with E-state index in [1.165, 1.54) is 6.92 Å². The summed E-state index contributed by atoms with van der Waals surface area (Å²) < 4.78 is 20.6. The fraction of sp³-hybridized carbons (Fsp3) is 0.138. The average molecular weight is 519 g/mol. The molecule has 0 fully saturated rings. The molecule has 3 nitrogen and oxygen atoms in total. The highest BCUT2D eigenvalue weighted by Crippen LogP contribution is 2.56. The van der Waals surface area contributed by atoms with E-state index in [0.29, 0.717) is 6.16 Å². The Balaban J connectivity index is 1.91. The Hall–Kier alpha value is -2.77. The molecule has 0 radical (unpaired) electrons. The van der Waals surface area contributed by atoms with Crippen LogP contribution in [0.2, 0.25) is 0 Å². The molecule has 0 spiro atoms. The van der Waals surface area contributed by atoms with Gasteiger partial charge in [-0.3, -0.25) is 4.79 Å². The molecule has 0 aliphatic rings. The molecule has 0 saturated carbocycles. The maximum atomic E-state index is 15.0. The summed E-state index contributed by atoms with van der Waals surface area (Å²) in [4.78, 5) is 11.9. The van der Waals surface area contributed by atoms with Crippen LogP contribution in [0.5, 0.6) is 0 Å². The first-order chi connectivity index (χ1) is 16.9. The number of carbonyl (C=O) groups is 1. The summed E-state index contributed by atoms with van der Waals surface area (Å²) in [5.41, 5.74) is -0.322. The van der Waals surface area contributed by atoms with E-state index in [1.807, 2.05) is 121 Å². The van der Waals surface area contributed by atoms with Gasteiger partial charge in [0.2, 0.25) is 0 Å². The van der Waals surface area contributed by atoms with E-state index in [9.17, 15) is 4.79 Å². The first kappa shape index (κ1) is 25.3. The highest BCUT2D eigenvalue weighted by Gasteiger charge is 2.40. The molecule has 0 amide bonds. The topological polar surface area (TPSA) is 43.4 Å². The largest absolute Gasteiger partial charge is 0.465 e. The lowest BCUT2D eigenvalue weighted by Gasteiger charge is -2.34. The Morgan fingerprint density at radius 1 is 0.686 bits per heavy atom. The van der Waals surface area contributed by atoms with E-state index in [1.54, 1.807) is 0 Å². The second-order valence-corrected chi connectivity index (χ2v) is 16.1. The smallest absolute Gasteiger partial charge is 0.302 e. The van der Waals surface area contributed by atoms with Crippen LogP contribution in [0.25, 0.3) is 0 Å². The Morgan fingerprint density at radius 2 is 1.03 bits per heavy atom. The Bertz CT molecular complexity index is 1260. The third-order valence-corrected chi connectivity index (χ3v) is 15.2. The molecule has 4 aromatic carbocycles. The summed E-state index contributed by atoms with van der Waals surface area (Å²) in [6.07, 6.45) is 0.301. The summed E-state index contributed by atoms with van der Waals surface area (Å²) in [6, 6.07) is 36.7. The number of hydrogen-bond acceptors (Lipinski definition) is 4. The summed E-state index contributed by atoms with van der Waals surface area (Å²) in [5.74, 6) is -0.369. The molecule has 0 aliphatic heterocycles. The molecule has 35 heavy (non-hydrogen) atoms. The highest BCUT2D eigenvalue weighted by molar-refractivity contribution is 8.22. The molecular weight excluding hydrogens is 490 g/mol. The second kappa shape index (κ2) is 11.3. The summed E-state index contributed by atoms with van der Waals surface area (Å²) >= 11 is 6.57. The van der Waals surface area contributed by atoms with Crippen LogP contribution >= 0.6 is 13.2 Å². The van der Waals surface area contributed by atoms with E-state index >= 15 is 4.57 Å². The number of hydrogen-bond donors (Lipinski definition) is 0. The van der Waals surface area contributed by atoms with Gasteiger partial charge in [-0.1, -0.05) is 133 Å². The van der Waals surface area contributed by atoms with Gasteiger partial charge in [0.1, 0.15) is 7.14 Å². The normalized spacial score (nSPS) is 12.6. The standard InChI is InChI=1S/C29H28O3P2S/c1-24(30)32-22-29(34(35,27-18-10-4-11-19-27)28-20-12-5-13-21-28)23-33(31,25-14-6-2-7-15-25)26-16-8-3-9-17-26/h2-21,29H,22-23H2,1H3. The first-order valence-corrected chi connectivity index (χ1v) is 16.3. The lowest BCUT2D eigenvalue weighted by molar-refractivity contribution is -0.140. The van der Waals surface area contributed by atoms with Crippen molar-refractivity contribution in [2.75, 3.05) is 12.8 Å². The minimum atomic E-state index is -3.11. The van der Waals surface area contributed by atoms with Gasteiger partial charge in [-0.25, -0.2) is 0 Å². The molecule has 1 unspecified atom stereocenters. The Kier molecular flexibility index (Phi) is 8.19. The Labute approximate surface area is 212 Å². The van der Waals surface area contributed by atoms with Gasteiger partial charge in [-0.2, -0.15) is 0 Å². The number of carbonyl (C=O) groups excluding carboxylic acids is 1. The van der Waals surface area contributed by atoms with E-state index in [2.05, 4.69) is 0 Å². The molecular formula is C29H28O3P2S. The van der Waals surface area contributed by atoms with E-state index in [4.69, 9.17) is 16.5 Å². The quantitative estimate of drug-likeness (QED) is 0.230. The summed E-state index contributed by atoms with van der Waals surface area (Å²) in [7, 11) is -3.11. The number of esters is 1. The van der Waals surface area contributed by atoms with Gasteiger partial charge in [-0.15, -0.1) is 0 Å². The van der Waals surface area contributed by atoms with Crippen LogP contribution in [0.15, 0.2) is 121 Å². The van der Waals surface area contributed by atoms with Crippen LogP contribution in [0, 0.1) is 0 Å². The van der Waals surface area contributed by atoms with Gasteiger partial charge in [-0.05, 0) is 10.6 Å². The SMILES string of the molecule is CC(=O)OCC(CP(=O)(c1ccccc1)c1ccccc1)P(=S)(c1ccccc1)c1ccccc1. The van der Waals surface area contributed by atoms with Crippen LogP contribution in [-0.4, -0.2) is 24.4 Å². The van der Waals surface area contributed by atoms with E-state index in [-0.39, 0.29) is 18.2 Å². The van der Waals surface area contributed by atoms with Crippen molar-refractivity contribution < 1.29 is 14.1 Å².